The van der Waals surface area contributed by atoms with Gasteiger partial charge in [-0.05, 0) is 41.4 Å². The zero-order valence-corrected chi connectivity index (χ0v) is 8.90. The van der Waals surface area contributed by atoms with Gasteiger partial charge in [-0.1, -0.05) is 0 Å². The number of hydrogen-bond donors (Lipinski definition) is 2. The number of rotatable bonds is 3. The number of nitrogens with two attached hydrogens (primary N) is 1. The number of thioether (sulfide) groups is 1. The fraction of sp³-hybridized carbons (Fsp3) is 0.625. The highest BCUT2D eigenvalue weighted by Crippen LogP contribution is 2.33. The molecule has 0 bridgehead atoms. The molecule has 1 aliphatic rings. The molecule has 0 aliphatic carbocycles. The van der Waals surface area contributed by atoms with E-state index in [-0.39, 0.29) is 6.04 Å². The van der Waals surface area contributed by atoms with E-state index in [1.165, 1.54) is 29.5 Å². The minimum Gasteiger partial charge on any atom is -0.271 e. The smallest absolute Gasteiger partial charge is 0.0728 e. The molecule has 0 spiro atoms. The maximum absolute atomic E-state index is 5.55. The van der Waals surface area contributed by atoms with Gasteiger partial charge in [-0.2, -0.15) is 16.1 Å². The van der Waals surface area contributed by atoms with Crippen molar-refractivity contribution in [2.75, 3.05) is 11.5 Å². The van der Waals surface area contributed by atoms with Crippen molar-refractivity contribution in [1.82, 2.24) is 9.80 Å². The minimum absolute atomic E-state index is 0.251. The highest BCUT2D eigenvalue weighted by Gasteiger charge is 2.26. The van der Waals surface area contributed by atoms with E-state index >= 15 is 0 Å². The highest BCUT2D eigenvalue weighted by molar-refractivity contribution is 7.99. The number of hydrogen-bond acceptors (Lipinski definition) is 5. The lowest BCUT2D eigenvalue weighted by molar-refractivity contribution is 0.395. The number of nitrogens with zero attached hydrogens (tertiary/aromatic N) is 1. The Bertz CT molecular complexity index is 244. The first-order valence-electron chi connectivity index (χ1n) is 4.36. The van der Waals surface area contributed by atoms with Crippen LogP contribution in [0.4, 0.5) is 0 Å². The van der Waals surface area contributed by atoms with Crippen molar-refractivity contribution < 1.29 is 0 Å². The summed E-state index contributed by atoms with van der Waals surface area (Å²) in [5, 5.41) is 2.00. The second-order valence-corrected chi connectivity index (χ2v) is 5.01. The molecule has 1 aromatic heterocycles. The predicted octanol–water partition coefficient (Wildman–Crippen LogP) is 1.40. The summed E-state index contributed by atoms with van der Waals surface area (Å²) in [7, 11) is 0. The average molecular weight is 215 g/mol. The Kier molecular flexibility index (Phi) is 3.21. The van der Waals surface area contributed by atoms with Gasteiger partial charge in [0, 0.05) is 5.38 Å². The van der Waals surface area contributed by atoms with Crippen LogP contribution in [-0.2, 0) is 0 Å². The largest absolute Gasteiger partial charge is 0.271 e. The molecule has 1 aromatic rings. The van der Waals surface area contributed by atoms with E-state index in [2.05, 4.69) is 15.9 Å². The molecular weight excluding hydrogens is 202 g/mol. The summed E-state index contributed by atoms with van der Waals surface area (Å²) in [6, 6.07) is 2.30. The molecule has 72 valence electrons. The summed E-state index contributed by atoms with van der Waals surface area (Å²) in [6.07, 6.45) is 1.25. The summed E-state index contributed by atoms with van der Waals surface area (Å²) in [4.78, 5) is 0. The molecule has 2 rings (SSSR count). The Morgan fingerprint density at radius 2 is 2.62 bits per heavy atom. The molecule has 0 radical (unpaired) electrons. The van der Waals surface area contributed by atoms with Crippen LogP contribution < -0.4 is 11.3 Å². The summed E-state index contributed by atoms with van der Waals surface area (Å²) in [5.41, 5.74) is 3.97. The first-order valence-corrected chi connectivity index (χ1v) is 6.35. The molecule has 2 atom stereocenters. The van der Waals surface area contributed by atoms with Gasteiger partial charge < -0.3 is 0 Å². The molecule has 3 N–H and O–H groups in total. The number of nitrogens with one attached hydrogen (secondary N) is 1. The number of aromatic nitrogens is 1. The van der Waals surface area contributed by atoms with Crippen LogP contribution in [0.5, 0.6) is 0 Å². The van der Waals surface area contributed by atoms with Crippen molar-refractivity contribution in [3.05, 3.63) is 17.1 Å². The molecule has 3 nitrogen and oxygen atoms in total. The molecule has 2 unspecified atom stereocenters. The molecule has 0 amide bonds. The third kappa shape index (κ3) is 2.04. The van der Waals surface area contributed by atoms with Crippen LogP contribution in [0.3, 0.4) is 0 Å². The SMILES string of the molecule is NNC(c1ccsn1)C1CCSC1. The first kappa shape index (κ1) is 9.45. The van der Waals surface area contributed by atoms with Gasteiger partial charge in [-0.15, -0.1) is 0 Å². The van der Waals surface area contributed by atoms with Crippen LogP contribution in [0.25, 0.3) is 0 Å². The third-order valence-electron chi connectivity index (χ3n) is 2.39. The maximum atomic E-state index is 5.55. The van der Waals surface area contributed by atoms with Crippen LogP contribution in [0.15, 0.2) is 11.4 Å². The quantitative estimate of drug-likeness (QED) is 0.591. The van der Waals surface area contributed by atoms with Crippen LogP contribution in [0.1, 0.15) is 18.2 Å². The monoisotopic (exact) mass is 215 g/mol. The number of hydrazine groups is 1. The van der Waals surface area contributed by atoms with Crippen molar-refractivity contribution in [2.24, 2.45) is 11.8 Å². The van der Waals surface area contributed by atoms with Crippen LogP contribution in [0, 0.1) is 5.92 Å². The minimum atomic E-state index is 0.251. The van der Waals surface area contributed by atoms with Gasteiger partial charge in [0.2, 0.25) is 0 Å². The van der Waals surface area contributed by atoms with Gasteiger partial charge in [-0.25, -0.2) is 0 Å². The predicted molar refractivity (Wildman–Crippen MR) is 57.6 cm³/mol. The summed E-state index contributed by atoms with van der Waals surface area (Å²) < 4.78 is 4.32. The molecule has 1 fully saturated rings. The molecule has 5 heteroatoms. The molecule has 1 saturated heterocycles. The Morgan fingerprint density at radius 3 is 3.15 bits per heavy atom. The lowest BCUT2D eigenvalue weighted by Crippen LogP contribution is -2.33. The normalized spacial score (nSPS) is 24.8. The van der Waals surface area contributed by atoms with Crippen LogP contribution >= 0.6 is 23.3 Å². The fourth-order valence-corrected chi connectivity index (χ4v) is 3.52. The highest BCUT2D eigenvalue weighted by atomic mass is 32.2. The lowest BCUT2D eigenvalue weighted by Gasteiger charge is -2.19. The second kappa shape index (κ2) is 4.41. The molecule has 0 saturated carbocycles. The topological polar surface area (TPSA) is 50.9 Å². The Hall–Kier alpha value is -0.100. The van der Waals surface area contributed by atoms with Crippen molar-refractivity contribution in [2.45, 2.75) is 12.5 Å². The van der Waals surface area contributed by atoms with E-state index in [4.69, 9.17) is 5.84 Å². The van der Waals surface area contributed by atoms with Crippen molar-refractivity contribution >= 4 is 23.3 Å². The van der Waals surface area contributed by atoms with Gasteiger partial charge in [0.25, 0.3) is 0 Å². The standard InChI is InChI=1S/C8H13N3S2/c9-10-8(6-1-3-12-5-6)7-2-4-13-11-7/h2,4,6,8,10H,1,3,5,9H2. The Morgan fingerprint density at radius 1 is 1.69 bits per heavy atom. The second-order valence-electron chi connectivity index (χ2n) is 3.19. The van der Waals surface area contributed by atoms with E-state index in [0.29, 0.717) is 5.92 Å². The Labute approximate surface area is 86.2 Å². The molecule has 0 aromatic carbocycles. The zero-order valence-electron chi connectivity index (χ0n) is 7.27. The fourth-order valence-electron chi connectivity index (χ4n) is 1.66. The zero-order chi connectivity index (χ0) is 9.10. The van der Waals surface area contributed by atoms with Gasteiger partial charge in [0.15, 0.2) is 0 Å². The lowest BCUT2D eigenvalue weighted by atomic mass is 9.97. The summed E-state index contributed by atoms with van der Waals surface area (Å²) >= 11 is 3.49. The molecule has 1 aliphatic heterocycles. The van der Waals surface area contributed by atoms with E-state index in [1.54, 1.807) is 0 Å². The third-order valence-corrected chi connectivity index (χ3v) is 4.15. The van der Waals surface area contributed by atoms with Crippen molar-refractivity contribution in [3.63, 3.8) is 0 Å². The van der Waals surface area contributed by atoms with Crippen molar-refractivity contribution in [3.8, 4) is 0 Å². The van der Waals surface area contributed by atoms with Crippen LogP contribution in [0.2, 0.25) is 0 Å². The molecule has 13 heavy (non-hydrogen) atoms. The summed E-state index contributed by atoms with van der Waals surface area (Å²) in [5.74, 6) is 8.66. The van der Waals surface area contributed by atoms with Gasteiger partial charge in [-0.3, -0.25) is 11.3 Å². The van der Waals surface area contributed by atoms with E-state index < -0.39 is 0 Å². The van der Waals surface area contributed by atoms with Crippen LogP contribution in [-0.4, -0.2) is 15.9 Å². The average Bonchev–Trinajstić information content (AvgIpc) is 2.76. The van der Waals surface area contributed by atoms with E-state index in [1.807, 2.05) is 17.1 Å². The maximum Gasteiger partial charge on any atom is 0.0728 e. The van der Waals surface area contributed by atoms with E-state index in [9.17, 15) is 0 Å². The van der Waals surface area contributed by atoms with Gasteiger partial charge in [0.1, 0.15) is 0 Å². The van der Waals surface area contributed by atoms with Crippen molar-refractivity contribution in [1.29, 1.82) is 0 Å². The molecular formula is C8H13N3S2. The molecule has 2 heterocycles. The first-order chi connectivity index (χ1) is 6.42. The van der Waals surface area contributed by atoms with Gasteiger partial charge >= 0.3 is 0 Å². The van der Waals surface area contributed by atoms with Gasteiger partial charge in [0.05, 0.1) is 11.7 Å². The summed E-state index contributed by atoms with van der Waals surface area (Å²) in [6.45, 7) is 0. The Balaban J connectivity index is 2.08. The van der Waals surface area contributed by atoms with E-state index in [0.717, 1.165) is 5.69 Å².